The summed E-state index contributed by atoms with van der Waals surface area (Å²) in [5.74, 6) is 0. The van der Waals surface area contributed by atoms with Gasteiger partial charge in [-0.2, -0.15) is 18.3 Å². The van der Waals surface area contributed by atoms with Crippen molar-refractivity contribution in [3.8, 4) is 11.4 Å². The van der Waals surface area contributed by atoms with Crippen LogP contribution in [0.1, 0.15) is 12.0 Å². The molecule has 1 N–H and O–H groups in total. The van der Waals surface area contributed by atoms with Gasteiger partial charge in [-0.15, -0.1) is 0 Å². The number of aliphatic hydroxyl groups excluding tert-OH is 1. The summed E-state index contributed by atoms with van der Waals surface area (Å²) < 4.78 is 37.9. The first-order valence-corrected chi connectivity index (χ1v) is 5.65. The van der Waals surface area contributed by atoms with Gasteiger partial charge in [-0.3, -0.25) is 9.67 Å². The van der Waals surface area contributed by atoms with E-state index >= 15 is 0 Å². The Bertz CT molecular complexity index is 551. The maximum absolute atomic E-state index is 12.2. The number of aromatic nitrogens is 3. The van der Waals surface area contributed by atoms with Gasteiger partial charge in [0.05, 0.1) is 31.0 Å². The number of aryl methyl sites for hydroxylation is 1. The van der Waals surface area contributed by atoms with Crippen molar-refractivity contribution in [1.82, 2.24) is 14.8 Å². The van der Waals surface area contributed by atoms with Crippen LogP contribution in [0.25, 0.3) is 11.4 Å². The van der Waals surface area contributed by atoms with E-state index < -0.39 is 12.6 Å². The third kappa shape index (κ3) is 3.31. The van der Waals surface area contributed by atoms with Gasteiger partial charge in [0.2, 0.25) is 0 Å². The first-order valence-electron chi connectivity index (χ1n) is 5.65. The summed E-state index contributed by atoms with van der Waals surface area (Å²) in [5, 5.41) is 13.1. The van der Waals surface area contributed by atoms with Crippen molar-refractivity contribution in [2.75, 3.05) is 0 Å². The van der Waals surface area contributed by atoms with Crippen molar-refractivity contribution in [1.29, 1.82) is 0 Å². The lowest BCUT2D eigenvalue weighted by Gasteiger charge is -2.11. The molecule has 0 aliphatic heterocycles. The van der Waals surface area contributed by atoms with Gasteiger partial charge in [0.25, 0.3) is 0 Å². The Morgan fingerprint density at radius 1 is 1.21 bits per heavy atom. The highest BCUT2D eigenvalue weighted by Crippen LogP contribution is 2.24. The molecule has 2 aromatic rings. The van der Waals surface area contributed by atoms with Crippen LogP contribution < -0.4 is 0 Å². The number of hydrogen-bond donors (Lipinski definition) is 1. The molecule has 0 radical (unpaired) electrons. The zero-order chi connectivity index (χ0) is 13.9. The maximum Gasteiger partial charge on any atom is 0.390 e. The zero-order valence-electron chi connectivity index (χ0n) is 9.93. The van der Waals surface area contributed by atoms with E-state index in [1.807, 2.05) is 0 Å². The summed E-state index contributed by atoms with van der Waals surface area (Å²) in [4.78, 5) is 4.09. The maximum atomic E-state index is 12.2. The van der Waals surface area contributed by atoms with E-state index in [-0.39, 0.29) is 13.2 Å². The van der Waals surface area contributed by atoms with Gasteiger partial charge in [0.1, 0.15) is 0 Å². The second-order valence-corrected chi connectivity index (χ2v) is 3.97. The summed E-state index contributed by atoms with van der Waals surface area (Å²) >= 11 is 0. The molecule has 2 rings (SSSR count). The Morgan fingerprint density at radius 2 is 2.00 bits per heavy atom. The van der Waals surface area contributed by atoms with Gasteiger partial charge in [0, 0.05) is 18.0 Å². The molecule has 0 aliphatic carbocycles. The number of pyridine rings is 1. The number of alkyl halides is 3. The fourth-order valence-corrected chi connectivity index (χ4v) is 1.74. The molecule has 0 aliphatic rings. The largest absolute Gasteiger partial charge is 0.392 e. The molecule has 0 spiro atoms. The van der Waals surface area contributed by atoms with Crippen molar-refractivity contribution < 1.29 is 18.3 Å². The van der Waals surface area contributed by atoms with Crippen LogP contribution in [0.3, 0.4) is 0 Å². The Balaban J connectivity index is 2.29. The van der Waals surface area contributed by atoms with Crippen molar-refractivity contribution in [2.24, 2.45) is 0 Å². The molecule has 2 aromatic heterocycles. The lowest BCUT2D eigenvalue weighted by Crippen LogP contribution is -2.14. The van der Waals surface area contributed by atoms with Crippen molar-refractivity contribution in [3.63, 3.8) is 0 Å². The molecule has 0 amide bonds. The molecule has 102 valence electrons. The van der Waals surface area contributed by atoms with Crippen molar-refractivity contribution in [2.45, 2.75) is 25.7 Å². The molecule has 0 saturated carbocycles. The van der Waals surface area contributed by atoms with E-state index in [0.717, 1.165) is 0 Å². The average molecular weight is 271 g/mol. The first kappa shape index (κ1) is 13.5. The highest BCUT2D eigenvalue weighted by Gasteiger charge is 2.27. The molecule has 0 fully saturated rings. The van der Waals surface area contributed by atoms with E-state index in [4.69, 9.17) is 0 Å². The van der Waals surface area contributed by atoms with E-state index in [0.29, 0.717) is 17.0 Å². The summed E-state index contributed by atoms with van der Waals surface area (Å²) in [6.07, 6.45) is -2.24. The molecular formula is C12H12F3N3O. The zero-order valence-corrected chi connectivity index (χ0v) is 9.93. The lowest BCUT2D eigenvalue weighted by atomic mass is 10.1. The fourth-order valence-electron chi connectivity index (χ4n) is 1.74. The quantitative estimate of drug-likeness (QED) is 0.929. The number of rotatable bonds is 4. The third-order valence-electron chi connectivity index (χ3n) is 2.63. The summed E-state index contributed by atoms with van der Waals surface area (Å²) in [7, 11) is 0. The number of aliphatic hydroxyl groups is 1. The van der Waals surface area contributed by atoms with Gasteiger partial charge in [-0.25, -0.2) is 0 Å². The monoisotopic (exact) mass is 271 g/mol. The van der Waals surface area contributed by atoms with Crippen LogP contribution in [0.15, 0.2) is 30.6 Å². The Kier molecular flexibility index (Phi) is 3.84. The minimum absolute atomic E-state index is 0.229. The smallest absolute Gasteiger partial charge is 0.390 e. The van der Waals surface area contributed by atoms with E-state index in [1.165, 1.54) is 17.1 Å². The van der Waals surface area contributed by atoms with E-state index in [9.17, 15) is 18.3 Å². The van der Waals surface area contributed by atoms with Gasteiger partial charge in [-0.05, 0) is 12.1 Å². The molecule has 0 bridgehead atoms. The molecule has 0 atom stereocenters. The lowest BCUT2D eigenvalue weighted by molar-refractivity contribution is -0.137. The van der Waals surface area contributed by atoms with Crippen molar-refractivity contribution in [3.05, 3.63) is 36.2 Å². The molecule has 7 heteroatoms. The van der Waals surface area contributed by atoms with E-state index in [1.54, 1.807) is 18.2 Å². The summed E-state index contributed by atoms with van der Waals surface area (Å²) in [6, 6.07) is 4.91. The number of nitrogens with zero attached hydrogens (tertiary/aromatic N) is 3. The summed E-state index contributed by atoms with van der Waals surface area (Å²) in [5.41, 5.74) is 1.47. The highest BCUT2D eigenvalue weighted by molar-refractivity contribution is 5.58. The Labute approximate surface area is 107 Å². The second kappa shape index (κ2) is 5.40. The molecule has 0 saturated heterocycles. The SMILES string of the molecule is OCc1cccnc1-c1ccnn1CCC(F)(F)F. The van der Waals surface area contributed by atoms with Crippen LogP contribution in [-0.4, -0.2) is 26.0 Å². The standard InChI is InChI=1S/C12H12F3N3O/c13-12(14,15)4-7-18-10(3-6-17-18)11-9(8-19)2-1-5-16-11/h1-3,5-6,19H,4,7-8H2. The normalized spacial score (nSPS) is 11.8. The van der Waals surface area contributed by atoms with Crippen LogP contribution in [0, 0.1) is 0 Å². The van der Waals surface area contributed by atoms with E-state index in [2.05, 4.69) is 10.1 Å². The van der Waals surface area contributed by atoms with Crippen LogP contribution in [0.4, 0.5) is 13.2 Å². The van der Waals surface area contributed by atoms with Crippen molar-refractivity contribution >= 4 is 0 Å². The summed E-state index contributed by atoms with van der Waals surface area (Å²) in [6.45, 7) is -0.499. The molecule has 0 aromatic carbocycles. The first-order chi connectivity index (χ1) is 9.01. The van der Waals surface area contributed by atoms with Gasteiger partial charge in [0.15, 0.2) is 0 Å². The van der Waals surface area contributed by atoms with Crippen LogP contribution in [0.5, 0.6) is 0 Å². The van der Waals surface area contributed by atoms with Crippen LogP contribution in [-0.2, 0) is 13.2 Å². The molecular weight excluding hydrogens is 259 g/mol. The van der Waals surface area contributed by atoms with Crippen LogP contribution in [0.2, 0.25) is 0 Å². The number of halogens is 3. The molecule has 2 heterocycles. The topological polar surface area (TPSA) is 50.9 Å². The second-order valence-electron chi connectivity index (χ2n) is 3.97. The third-order valence-corrected chi connectivity index (χ3v) is 2.63. The molecule has 0 unspecified atom stereocenters. The minimum atomic E-state index is -4.23. The minimum Gasteiger partial charge on any atom is -0.392 e. The Hall–Kier alpha value is -1.89. The number of hydrogen-bond acceptors (Lipinski definition) is 3. The predicted octanol–water partition coefficient (Wildman–Crippen LogP) is 2.39. The molecule has 4 nitrogen and oxygen atoms in total. The Morgan fingerprint density at radius 3 is 2.68 bits per heavy atom. The van der Waals surface area contributed by atoms with Crippen LogP contribution >= 0.6 is 0 Å². The average Bonchev–Trinajstić information content (AvgIpc) is 2.83. The van der Waals surface area contributed by atoms with Gasteiger partial charge in [-0.1, -0.05) is 6.07 Å². The van der Waals surface area contributed by atoms with Gasteiger partial charge >= 0.3 is 6.18 Å². The molecule has 19 heavy (non-hydrogen) atoms. The fraction of sp³-hybridized carbons (Fsp3) is 0.333. The predicted molar refractivity (Wildman–Crippen MR) is 62.1 cm³/mol. The highest BCUT2D eigenvalue weighted by atomic mass is 19.4. The van der Waals surface area contributed by atoms with Gasteiger partial charge < -0.3 is 5.11 Å².